The molecule has 0 aliphatic heterocycles. The van der Waals surface area contributed by atoms with Gasteiger partial charge in [0.15, 0.2) is 9.84 Å². The average molecular weight is 323 g/mol. The first kappa shape index (κ1) is 16.9. The average Bonchev–Trinajstić information content (AvgIpc) is 2.38. The molecule has 0 saturated heterocycles. The van der Waals surface area contributed by atoms with Crippen LogP contribution >= 0.6 is 11.6 Å². The quantitative estimate of drug-likeness (QED) is 0.871. The van der Waals surface area contributed by atoms with Crippen molar-refractivity contribution < 1.29 is 22.7 Å². The minimum atomic E-state index is -3.74. The summed E-state index contributed by atoms with van der Waals surface area (Å²) in [6.07, 6.45) is 1.36. The van der Waals surface area contributed by atoms with Gasteiger partial charge in [-0.15, -0.1) is 0 Å². The summed E-state index contributed by atoms with van der Waals surface area (Å²) < 4.78 is 38.0. The van der Waals surface area contributed by atoms with Crippen LogP contribution in [0.25, 0.3) is 0 Å². The normalized spacial score (nSPS) is 11.8. The zero-order chi connectivity index (χ0) is 15.5. The van der Waals surface area contributed by atoms with Gasteiger partial charge in [0.05, 0.1) is 21.2 Å². The molecule has 0 atom stereocenters. The second-order valence-corrected chi connectivity index (χ2v) is 6.95. The molecule has 0 radical (unpaired) electrons. The van der Waals surface area contributed by atoms with Crippen molar-refractivity contribution in [3.05, 3.63) is 28.5 Å². The number of benzene rings is 1. The van der Waals surface area contributed by atoms with Gasteiger partial charge in [-0.1, -0.05) is 38.3 Å². The predicted octanol–water partition coefficient (Wildman–Crippen LogP) is 3.39. The van der Waals surface area contributed by atoms with Gasteiger partial charge >= 0.3 is 5.97 Å². The van der Waals surface area contributed by atoms with Gasteiger partial charge < -0.3 is 5.11 Å². The second-order valence-electron chi connectivity index (χ2n) is 4.54. The van der Waals surface area contributed by atoms with Crippen LogP contribution in [-0.4, -0.2) is 25.2 Å². The van der Waals surface area contributed by atoms with Gasteiger partial charge in [0, 0.05) is 0 Å². The molecule has 0 saturated carbocycles. The fourth-order valence-electron chi connectivity index (χ4n) is 1.83. The number of carboxylic acid groups (broad SMARTS) is 1. The van der Waals surface area contributed by atoms with Crippen LogP contribution in [0.1, 0.15) is 37.0 Å². The van der Waals surface area contributed by atoms with Crippen molar-refractivity contribution in [1.82, 2.24) is 0 Å². The maximum Gasteiger partial charge on any atom is 0.337 e. The Labute approximate surface area is 122 Å². The van der Waals surface area contributed by atoms with E-state index in [0.717, 1.165) is 12.1 Å². The molecule has 0 spiro atoms. The molecule has 1 rings (SSSR count). The maximum absolute atomic E-state index is 13.6. The van der Waals surface area contributed by atoms with Gasteiger partial charge in [0.25, 0.3) is 0 Å². The smallest absolute Gasteiger partial charge is 0.337 e. The number of rotatable bonds is 6. The van der Waals surface area contributed by atoms with E-state index in [-0.39, 0.29) is 16.6 Å². The SMILES string of the molecule is CCC(CC)CS(=O)(=O)c1cc(F)c(Cl)c(C(=O)O)c1. The molecule has 112 valence electrons. The molecule has 1 N–H and O–H groups in total. The topological polar surface area (TPSA) is 71.4 Å². The lowest BCUT2D eigenvalue weighted by atomic mass is 10.1. The molecule has 0 amide bonds. The van der Waals surface area contributed by atoms with Gasteiger partial charge in [0.2, 0.25) is 0 Å². The highest BCUT2D eigenvalue weighted by atomic mass is 35.5. The summed E-state index contributed by atoms with van der Waals surface area (Å²) in [5.41, 5.74) is -0.546. The highest BCUT2D eigenvalue weighted by Gasteiger charge is 2.24. The first-order valence-corrected chi connectivity index (χ1v) is 8.21. The van der Waals surface area contributed by atoms with Gasteiger partial charge in [-0.2, -0.15) is 0 Å². The zero-order valence-electron chi connectivity index (χ0n) is 11.2. The van der Waals surface area contributed by atoms with E-state index in [1.165, 1.54) is 0 Å². The summed E-state index contributed by atoms with van der Waals surface area (Å²) in [5, 5.41) is 8.32. The second kappa shape index (κ2) is 6.54. The minimum absolute atomic E-state index is 0.0491. The molecule has 4 nitrogen and oxygen atoms in total. The summed E-state index contributed by atoms with van der Waals surface area (Å²) in [6.45, 7) is 3.74. The highest BCUT2D eigenvalue weighted by molar-refractivity contribution is 7.91. The largest absolute Gasteiger partial charge is 0.478 e. The van der Waals surface area contributed by atoms with Crippen LogP contribution in [0.15, 0.2) is 17.0 Å². The third-order valence-corrected chi connectivity index (χ3v) is 5.45. The van der Waals surface area contributed by atoms with Crippen molar-refractivity contribution in [1.29, 1.82) is 0 Å². The number of sulfone groups is 1. The van der Waals surface area contributed by atoms with Crippen molar-refractivity contribution in [3.8, 4) is 0 Å². The van der Waals surface area contributed by atoms with E-state index in [4.69, 9.17) is 16.7 Å². The summed E-state index contributed by atoms with van der Waals surface area (Å²) >= 11 is 5.52. The fraction of sp³-hybridized carbons (Fsp3) is 0.462. The van der Waals surface area contributed by atoms with Crippen LogP contribution in [0.3, 0.4) is 0 Å². The molecule has 1 aromatic rings. The molecule has 0 heterocycles. The molecule has 7 heteroatoms. The summed E-state index contributed by atoms with van der Waals surface area (Å²) in [4.78, 5) is 10.6. The number of halogens is 2. The van der Waals surface area contributed by atoms with Crippen molar-refractivity contribution in [3.63, 3.8) is 0 Å². The van der Waals surface area contributed by atoms with Crippen LogP contribution in [0.2, 0.25) is 5.02 Å². The summed E-state index contributed by atoms with van der Waals surface area (Å²) in [5.74, 6) is -2.70. The van der Waals surface area contributed by atoms with Crippen LogP contribution in [0, 0.1) is 11.7 Å². The van der Waals surface area contributed by atoms with E-state index in [2.05, 4.69) is 0 Å². The monoisotopic (exact) mass is 322 g/mol. The lowest BCUT2D eigenvalue weighted by Crippen LogP contribution is -2.16. The molecule has 0 unspecified atom stereocenters. The van der Waals surface area contributed by atoms with Gasteiger partial charge in [-0.25, -0.2) is 17.6 Å². The Kier molecular flexibility index (Phi) is 5.53. The Morgan fingerprint density at radius 3 is 2.35 bits per heavy atom. The first-order valence-electron chi connectivity index (χ1n) is 6.18. The Bertz CT molecular complexity index is 609. The van der Waals surface area contributed by atoms with Crippen LogP contribution in [0.4, 0.5) is 4.39 Å². The Balaban J connectivity index is 3.29. The Morgan fingerprint density at radius 2 is 1.90 bits per heavy atom. The summed E-state index contributed by atoms with van der Waals surface area (Å²) in [6, 6.07) is 1.68. The molecular formula is C13H16ClFO4S. The van der Waals surface area contributed by atoms with Gasteiger partial charge in [-0.3, -0.25) is 0 Å². The third-order valence-electron chi connectivity index (χ3n) is 3.20. The molecule has 0 aromatic heterocycles. The predicted molar refractivity (Wildman–Crippen MR) is 74.5 cm³/mol. The number of carbonyl (C=O) groups is 1. The number of hydrogen-bond donors (Lipinski definition) is 1. The van der Waals surface area contributed by atoms with Crippen molar-refractivity contribution >= 4 is 27.4 Å². The van der Waals surface area contributed by atoms with Crippen molar-refractivity contribution in [2.45, 2.75) is 31.6 Å². The zero-order valence-corrected chi connectivity index (χ0v) is 12.8. The highest BCUT2D eigenvalue weighted by Crippen LogP contribution is 2.26. The molecular weight excluding hydrogens is 307 g/mol. The van der Waals surface area contributed by atoms with Gasteiger partial charge in [-0.05, 0) is 18.1 Å². The van der Waals surface area contributed by atoms with Crippen LogP contribution in [-0.2, 0) is 9.84 Å². The van der Waals surface area contributed by atoms with Gasteiger partial charge in [0.1, 0.15) is 5.82 Å². The Morgan fingerprint density at radius 1 is 1.35 bits per heavy atom. The molecule has 0 aliphatic carbocycles. The van der Waals surface area contributed by atoms with E-state index in [1.807, 2.05) is 13.8 Å². The third kappa shape index (κ3) is 3.70. The summed E-state index contributed by atoms with van der Waals surface area (Å²) in [7, 11) is -3.74. The molecule has 0 aliphatic rings. The molecule has 0 fully saturated rings. The maximum atomic E-state index is 13.6. The van der Waals surface area contributed by atoms with E-state index >= 15 is 0 Å². The number of carboxylic acids is 1. The standard InChI is InChI=1S/C13H16ClFO4S/c1-3-8(4-2)7-20(18,19)9-5-10(13(16)17)12(14)11(15)6-9/h5-6,8H,3-4,7H2,1-2H3,(H,16,17). The molecule has 0 bridgehead atoms. The molecule has 1 aromatic carbocycles. The van der Waals surface area contributed by atoms with Crippen LogP contribution in [0.5, 0.6) is 0 Å². The number of aromatic carboxylic acids is 1. The number of hydrogen-bond acceptors (Lipinski definition) is 3. The fourth-order valence-corrected chi connectivity index (χ4v) is 3.89. The molecule has 20 heavy (non-hydrogen) atoms. The lowest BCUT2D eigenvalue weighted by Gasteiger charge is -2.13. The van der Waals surface area contributed by atoms with E-state index < -0.39 is 32.2 Å². The van der Waals surface area contributed by atoms with Crippen molar-refractivity contribution in [2.24, 2.45) is 5.92 Å². The first-order chi connectivity index (χ1) is 9.22. The van der Waals surface area contributed by atoms with E-state index in [0.29, 0.717) is 12.8 Å². The van der Waals surface area contributed by atoms with Crippen molar-refractivity contribution in [2.75, 3.05) is 5.75 Å². The lowest BCUT2D eigenvalue weighted by molar-refractivity contribution is 0.0696. The van der Waals surface area contributed by atoms with Crippen LogP contribution < -0.4 is 0 Å². The van der Waals surface area contributed by atoms with E-state index in [9.17, 15) is 17.6 Å². The van der Waals surface area contributed by atoms with E-state index in [1.54, 1.807) is 0 Å². The minimum Gasteiger partial charge on any atom is -0.478 e. The Hall–Kier alpha value is -1.14.